The van der Waals surface area contributed by atoms with Crippen molar-refractivity contribution < 1.29 is 19.5 Å². The van der Waals surface area contributed by atoms with Crippen LogP contribution in [0.5, 0.6) is 0 Å². The highest BCUT2D eigenvalue weighted by Gasteiger charge is 2.16. The van der Waals surface area contributed by atoms with Gasteiger partial charge in [0.05, 0.1) is 11.4 Å². The smallest absolute Gasteiger partial charge is 0.303 e. The topological polar surface area (TPSA) is 86.7 Å². The van der Waals surface area contributed by atoms with Crippen LogP contribution in [0.4, 0.5) is 0 Å². The number of carbonyl (C=O) groups is 3. The molecular formula is C13H18N2O4S. The summed E-state index contributed by atoms with van der Waals surface area (Å²) in [5.41, 5.74) is 0. The first kappa shape index (κ1) is 16.2. The van der Waals surface area contributed by atoms with E-state index in [4.69, 9.17) is 5.11 Å². The first-order valence-corrected chi connectivity index (χ1v) is 7.08. The van der Waals surface area contributed by atoms with E-state index in [1.54, 1.807) is 31.5 Å². The van der Waals surface area contributed by atoms with Gasteiger partial charge in [0, 0.05) is 19.5 Å². The lowest BCUT2D eigenvalue weighted by Crippen LogP contribution is -2.41. The SMILES string of the molecule is CC(CCC(=O)O)NC(=O)CN(C)C(=O)c1cccs1. The molecule has 1 aromatic rings. The second-order valence-electron chi connectivity index (χ2n) is 4.54. The van der Waals surface area contributed by atoms with E-state index in [0.717, 1.165) is 0 Å². The second-order valence-corrected chi connectivity index (χ2v) is 5.49. The maximum Gasteiger partial charge on any atom is 0.303 e. The van der Waals surface area contributed by atoms with E-state index in [9.17, 15) is 14.4 Å². The Morgan fingerprint density at radius 2 is 2.15 bits per heavy atom. The lowest BCUT2D eigenvalue weighted by molar-refractivity contribution is -0.137. The second kappa shape index (κ2) is 7.64. The van der Waals surface area contributed by atoms with E-state index < -0.39 is 5.97 Å². The molecule has 1 unspecified atom stereocenters. The maximum atomic E-state index is 11.9. The van der Waals surface area contributed by atoms with Crippen LogP contribution < -0.4 is 5.32 Å². The molecule has 0 aliphatic rings. The zero-order valence-corrected chi connectivity index (χ0v) is 12.3. The Morgan fingerprint density at radius 3 is 2.70 bits per heavy atom. The first-order valence-electron chi connectivity index (χ1n) is 6.20. The summed E-state index contributed by atoms with van der Waals surface area (Å²) in [6, 6.07) is 3.25. The van der Waals surface area contributed by atoms with Gasteiger partial charge in [0.15, 0.2) is 0 Å². The van der Waals surface area contributed by atoms with E-state index in [-0.39, 0.29) is 30.8 Å². The van der Waals surface area contributed by atoms with Gasteiger partial charge in [0.1, 0.15) is 0 Å². The number of likely N-dealkylation sites (N-methyl/N-ethyl adjacent to an activating group) is 1. The lowest BCUT2D eigenvalue weighted by atomic mass is 10.2. The molecule has 0 aliphatic heterocycles. The Labute approximate surface area is 121 Å². The minimum absolute atomic E-state index is 0.00537. The summed E-state index contributed by atoms with van der Waals surface area (Å²) in [4.78, 5) is 36.0. The summed E-state index contributed by atoms with van der Waals surface area (Å²) in [6.45, 7) is 1.69. The van der Waals surface area contributed by atoms with Gasteiger partial charge in [-0.25, -0.2) is 0 Å². The molecule has 0 bridgehead atoms. The highest BCUT2D eigenvalue weighted by molar-refractivity contribution is 7.12. The monoisotopic (exact) mass is 298 g/mol. The number of carbonyl (C=O) groups excluding carboxylic acids is 2. The van der Waals surface area contributed by atoms with Crippen molar-refractivity contribution in [1.29, 1.82) is 0 Å². The average molecular weight is 298 g/mol. The standard InChI is InChI=1S/C13H18N2O4S/c1-9(5-6-12(17)18)14-11(16)8-15(2)13(19)10-4-3-7-20-10/h3-4,7,9H,5-6,8H2,1-2H3,(H,14,16)(H,17,18). The highest BCUT2D eigenvalue weighted by atomic mass is 32.1. The molecule has 7 heteroatoms. The molecule has 1 rings (SSSR count). The van der Waals surface area contributed by atoms with Gasteiger partial charge < -0.3 is 15.3 Å². The molecule has 1 heterocycles. The van der Waals surface area contributed by atoms with Gasteiger partial charge in [0.2, 0.25) is 5.91 Å². The normalized spacial score (nSPS) is 11.7. The van der Waals surface area contributed by atoms with Crippen LogP contribution in [-0.2, 0) is 9.59 Å². The van der Waals surface area contributed by atoms with Crippen LogP contribution in [0.25, 0.3) is 0 Å². The number of thiophene rings is 1. The van der Waals surface area contributed by atoms with E-state index in [2.05, 4.69) is 5.32 Å². The van der Waals surface area contributed by atoms with Gasteiger partial charge in [-0.05, 0) is 24.8 Å². The van der Waals surface area contributed by atoms with Crippen molar-refractivity contribution in [2.45, 2.75) is 25.8 Å². The fraction of sp³-hybridized carbons (Fsp3) is 0.462. The van der Waals surface area contributed by atoms with Crippen molar-refractivity contribution in [3.63, 3.8) is 0 Å². The molecule has 0 radical (unpaired) electrons. The van der Waals surface area contributed by atoms with Gasteiger partial charge in [-0.15, -0.1) is 11.3 Å². The highest BCUT2D eigenvalue weighted by Crippen LogP contribution is 2.10. The molecule has 0 aliphatic carbocycles. The molecular weight excluding hydrogens is 280 g/mol. The summed E-state index contributed by atoms with van der Waals surface area (Å²) in [7, 11) is 1.56. The first-order chi connectivity index (χ1) is 9.40. The van der Waals surface area contributed by atoms with Crippen molar-refractivity contribution in [1.82, 2.24) is 10.2 Å². The number of nitrogens with zero attached hydrogens (tertiary/aromatic N) is 1. The number of hydrogen-bond donors (Lipinski definition) is 2. The Bertz CT molecular complexity index is 473. The molecule has 2 N–H and O–H groups in total. The zero-order valence-electron chi connectivity index (χ0n) is 11.5. The third kappa shape index (κ3) is 5.40. The predicted molar refractivity (Wildman–Crippen MR) is 75.8 cm³/mol. The average Bonchev–Trinajstić information content (AvgIpc) is 2.88. The summed E-state index contributed by atoms with van der Waals surface area (Å²) in [6.07, 6.45) is 0.370. The Balaban J connectivity index is 2.38. The van der Waals surface area contributed by atoms with Gasteiger partial charge >= 0.3 is 5.97 Å². The van der Waals surface area contributed by atoms with E-state index in [1.807, 2.05) is 0 Å². The van der Waals surface area contributed by atoms with Gasteiger partial charge in [-0.2, -0.15) is 0 Å². The molecule has 6 nitrogen and oxygen atoms in total. The van der Waals surface area contributed by atoms with E-state index in [1.165, 1.54) is 16.2 Å². The molecule has 20 heavy (non-hydrogen) atoms. The Kier molecular flexibility index (Phi) is 6.17. The summed E-state index contributed by atoms with van der Waals surface area (Å²) in [5.74, 6) is -1.39. The van der Waals surface area contributed by atoms with Crippen LogP contribution in [0.3, 0.4) is 0 Å². The van der Waals surface area contributed by atoms with Gasteiger partial charge in [-0.3, -0.25) is 14.4 Å². The third-order valence-corrected chi connectivity index (χ3v) is 3.52. The molecule has 0 aromatic carbocycles. The Morgan fingerprint density at radius 1 is 1.45 bits per heavy atom. The van der Waals surface area contributed by atoms with Crippen LogP contribution in [0.1, 0.15) is 29.4 Å². The van der Waals surface area contributed by atoms with E-state index >= 15 is 0 Å². The minimum atomic E-state index is -0.893. The fourth-order valence-electron chi connectivity index (χ4n) is 1.61. The molecule has 2 amide bonds. The number of carboxylic acids is 1. The number of carboxylic acid groups (broad SMARTS) is 1. The van der Waals surface area contributed by atoms with Crippen LogP contribution in [0.2, 0.25) is 0 Å². The molecule has 0 spiro atoms. The van der Waals surface area contributed by atoms with Gasteiger partial charge in [0.25, 0.3) is 5.91 Å². The fourth-order valence-corrected chi connectivity index (χ4v) is 2.33. The van der Waals surface area contributed by atoms with Gasteiger partial charge in [-0.1, -0.05) is 6.07 Å². The van der Waals surface area contributed by atoms with Crippen LogP contribution >= 0.6 is 11.3 Å². The molecule has 110 valence electrons. The maximum absolute atomic E-state index is 11.9. The molecule has 0 saturated carbocycles. The van der Waals surface area contributed by atoms with Crippen LogP contribution in [0, 0.1) is 0 Å². The van der Waals surface area contributed by atoms with Crippen molar-refractivity contribution in [3.05, 3.63) is 22.4 Å². The zero-order chi connectivity index (χ0) is 15.1. The van der Waals surface area contributed by atoms with Crippen molar-refractivity contribution in [2.24, 2.45) is 0 Å². The quantitative estimate of drug-likeness (QED) is 0.791. The molecule has 1 aromatic heterocycles. The third-order valence-electron chi connectivity index (χ3n) is 2.66. The van der Waals surface area contributed by atoms with Crippen LogP contribution in [0.15, 0.2) is 17.5 Å². The number of rotatable bonds is 7. The number of hydrogen-bond acceptors (Lipinski definition) is 4. The molecule has 1 atom stereocenters. The van der Waals surface area contributed by atoms with Crippen molar-refractivity contribution in [3.8, 4) is 0 Å². The number of nitrogens with one attached hydrogen (secondary N) is 1. The summed E-state index contributed by atoms with van der Waals surface area (Å²) < 4.78 is 0. The number of amides is 2. The molecule has 0 fully saturated rings. The minimum Gasteiger partial charge on any atom is -0.481 e. The summed E-state index contributed by atoms with van der Waals surface area (Å²) in [5, 5.41) is 13.0. The number of aliphatic carboxylic acids is 1. The molecule has 0 saturated heterocycles. The predicted octanol–water partition coefficient (Wildman–Crippen LogP) is 1.19. The van der Waals surface area contributed by atoms with Crippen molar-refractivity contribution in [2.75, 3.05) is 13.6 Å². The lowest BCUT2D eigenvalue weighted by Gasteiger charge is -2.18. The largest absolute Gasteiger partial charge is 0.481 e. The van der Waals surface area contributed by atoms with Crippen LogP contribution in [-0.4, -0.2) is 47.4 Å². The summed E-state index contributed by atoms with van der Waals surface area (Å²) >= 11 is 1.32. The van der Waals surface area contributed by atoms with Crippen molar-refractivity contribution >= 4 is 29.1 Å². The Hall–Kier alpha value is -1.89. The van der Waals surface area contributed by atoms with E-state index in [0.29, 0.717) is 11.3 Å².